The van der Waals surface area contributed by atoms with Crippen molar-refractivity contribution in [3.05, 3.63) is 23.0 Å². The van der Waals surface area contributed by atoms with Crippen molar-refractivity contribution in [3.63, 3.8) is 0 Å². The van der Waals surface area contributed by atoms with E-state index in [1.807, 2.05) is 6.92 Å². The number of carbonyl (C=O) groups excluding carboxylic acids is 1. The van der Waals surface area contributed by atoms with Crippen LogP contribution in [-0.2, 0) is 14.8 Å². The van der Waals surface area contributed by atoms with Crippen LogP contribution in [0.25, 0.3) is 10.2 Å². The molecule has 172 valence electrons. The third-order valence-electron chi connectivity index (χ3n) is 5.29. The molecule has 1 aliphatic rings. The van der Waals surface area contributed by atoms with Crippen molar-refractivity contribution in [1.82, 2.24) is 24.2 Å². The summed E-state index contributed by atoms with van der Waals surface area (Å²) in [6.07, 6.45) is 2.08. The summed E-state index contributed by atoms with van der Waals surface area (Å²) in [5.74, 6) is 0.835. The van der Waals surface area contributed by atoms with E-state index in [2.05, 4.69) is 42.8 Å². The first-order valence-electron chi connectivity index (χ1n) is 10.1. The molecule has 0 unspecified atom stereocenters. The number of nitrogens with zero attached hydrogens (tertiary/aromatic N) is 5. The maximum atomic E-state index is 13.1. The Morgan fingerprint density at radius 1 is 1.22 bits per heavy atom. The maximum absolute atomic E-state index is 13.1. The van der Waals surface area contributed by atoms with E-state index in [0.29, 0.717) is 38.3 Å². The third kappa shape index (κ3) is 4.62. The van der Waals surface area contributed by atoms with E-state index in [4.69, 9.17) is 0 Å². The van der Waals surface area contributed by atoms with Gasteiger partial charge in [-0.15, -0.1) is 11.3 Å². The van der Waals surface area contributed by atoms with Gasteiger partial charge < -0.3 is 10.6 Å². The predicted molar refractivity (Wildman–Crippen MR) is 127 cm³/mol. The highest BCUT2D eigenvalue weighted by molar-refractivity contribution is 7.91. The zero-order valence-corrected chi connectivity index (χ0v) is 20.5. The lowest BCUT2D eigenvalue weighted by Crippen LogP contribution is -2.50. The highest BCUT2D eigenvalue weighted by atomic mass is 32.2. The number of rotatable bonds is 8. The minimum atomic E-state index is -3.64. The van der Waals surface area contributed by atoms with Gasteiger partial charge in [-0.05, 0) is 31.7 Å². The molecular weight excluding hydrogens is 470 g/mol. The summed E-state index contributed by atoms with van der Waals surface area (Å²) in [6.45, 7) is 8.65. The molecule has 2 N–H and O–H groups in total. The van der Waals surface area contributed by atoms with Crippen molar-refractivity contribution < 1.29 is 13.2 Å². The second-order valence-corrected chi connectivity index (χ2v) is 11.7. The molecule has 1 fully saturated rings. The minimum absolute atomic E-state index is 0.138. The minimum Gasteiger partial charge on any atom is -0.365 e. The van der Waals surface area contributed by atoms with Crippen LogP contribution in [0, 0.1) is 13.8 Å². The van der Waals surface area contributed by atoms with E-state index in [1.165, 1.54) is 4.31 Å². The fourth-order valence-electron chi connectivity index (χ4n) is 3.74. The predicted octanol–water partition coefficient (Wildman–Crippen LogP) is 2.14. The molecule has 32 heavy (non-hydrogen) atoms. The first-order valence-corrected chi connectivity index (χ1v) is 13.3. The third-order valence-corrected chi connectivity index (χ3v) is 9.96. The van der Waals surface area contributed by atoms with Crippen molar-refractivity contribution in [2.45, 2.75) is 31.0 Å². The second-order valence-electron chi connectivity index (χ2n) is 7.72. The van der Waals surface area contributed by atoms with E-state index >= 15 is 0 Å². The molecular formula is C19H25N7O3S3. The standard InChI is InChI=1S/C19H25N7O3S3/c1-12-9-30-16-15(12)20-10-21-17(16)23-13(2)8-25-4-6-26(7-5-25)32(28,29)18-14(3)24-19(31-18)22-11-27/h9-11,13H,4-8H2,1-3H3,(H,20,21,23)(H,22,24,27)/t13-/m0/s1. The number of carbonyl (C=O) groups is 1. The van der Waals surface area contributed by atoms with E-state index in [-0.39, 0.29) is 15.4 Å². The molecule has 1 saturated heterocycles. The van der Waals surface area contributed by atoms with Crippen LogP contribution < -0.4 is 10.6 Å². The average molecular weight is 496 g/mol. The smallest absolute Gasteiger partial charge is 0.254 e. The zero-order chi connectivity index (χ0) is 22.9. The van der Waals surface area contributed by atoms with Crippen LogP contribution in [0.2, 0.25) is 0 Å². The average Bonchev–Trinajstić information content (AvgIpc) is 3.32. The van der Waals surface area contributed by atoms with Gasteiger partial charge in [0.05, 0.1) is 15.9 Å². The number of thiazole rings is 1. The SMILES string of the molecule is Cc1nc(NC=O)sc1S(=O)(=O)N1CCN(C[C@H](C)Nc2ncnc3c(C)csc23)CC1. The van der Waals surface area contributed by atoms with Crippen LogP contribution in [0.1, 0.15) is 18.2 Å². The molecule has 13 heteroatoms. The van der Waals surface area contributed by atoms with Gasteiger partial charge in [0, 0.05) is 38.8 Å². The molecule has 0 bridgehead atoms. The van der Waals surface area contributed by atoms with Gasteiger partial charge in [-0.3, -0.25) is 9.69 Å². The van der Waals surface area contributed by atoms with Gasteiger partial charge in [0.2, 0.25) is 6.41 Å². The second kappa shape index (κ2) is 9.35. The molecule has 4 heterocycles. The molecule has 0 saturated carbocycles. The van der Waals surface area contributed by atoms with Gasteiger partial charge in [-0.2, -0.15) is 4.31 Å². The Hall–Kier alpha value is -2.19. The van der Waals surface area contributed by atoms with Crippen molar-refractivity contribution in [1.29, 1.82) is 0 Å². The summed E-state index contributed by atoms with van der Waals surface area (Å²) in [6, 6.07) is 0.138. The molecule has 3 aromatic heterocycles. The van der Waals surface area contributed by atoms with Gasteiger partial charge in [-0.1, -0.05) is 11.3 Å². The van der Waals surface area contributed by atoms with Gasteiger partial charge in [0.15, 0.2) is 9.34 Å². The van der Waals surface area contributed by atoms with E-state index in [9.17, 15) is 13.2 Å². The van der Waals surface area contributed by atoms with Crippen molar-refractivity contribution in [2.24, 2.45) is 0 Å². The molecule has 1 aliphatic heterocycles. The van der Waals surface area contributed by atoms with Gasteiger partial charge >= 0.3 is 0 Å². The van der Waals surface area contributed by atoms with Crippen molar-refractivity contribution >= 4 is 60.3 Å². The fourth-order valence-corrected chi connectivity index (χ4v) is 7.63. The Bertz CT molecular complexity index is 1220. The molecule has 3 aromatic rings. The lowest BCUT2D eigenvalue weighted by Gasteiger charge is -2.35. The molecule has 10 nitrogen and oxygen atoms in total. The number of sulfonamides is 1. The first-order chi connectivity index (χ1) is 15.3. The zero-order valence-electron chi connectivity index (χ0n) is 18.0. The van der Waals surface area contributed by atoms with Gasteiger partial charge in [0.25, 0.3) is 10.0 Å². The summed E-state index contributed by atoms with van der Waals surface area (Å²) in [5.41, 5.74) is 2.52. The van der Waals surface area contributed by atoms with Crippen LogP contribution in [0.15, 0.2) is 15.9 Å². The Morgan fingerprint density at radius 3 is 2.69 bits per heavy atom. The Balaban J connectivity index is 1.35. The van der Waals surface area contributed by atoms with Crippen LogP contribution in [0.3, 0.4) is 0 Å². The van der Waals surface area contributed by atoms with Crippen molar-refractivity contribution in [2.75, 3.05) is 43.4 Å². The van der Waals surface area contributed by atoms with Crippen LogP contribution in [0.4, 0.5) is 10.9 Å². The summed E-state index contributed by atoms with van der Waals surface area (Å²) in [5, 5.41) is 8.27. The Labute approximate surface area is 194 Å². The Kier molecular flexibility index (Phi) is 6.72. The molecule has 0 aromatic carbocycles. The number of fused-ring (bicyclic) bond motifs is 1. The summed E-state index contributed by atoms with van der Waals surface area (Å²) in [4.78, 5) is 25.8. The molecule has 4 rings (SSSR count). The molecule has 0 aliphatic carbocycles. The lowest BCUT2D eigenvalue weighted by molar-refractivity contribution is -0.105. The fraction of sp³-hybridized carbons (Fsp3) is 0.474. The molecule has 0 radical (unpaired) electrons. The van der Waals surface area contributed by atoms with Crippen molar-refractivity contribution in [3.8, 4) is 0 Å². The van der Waals surface area contributed by atoms with E-state index in [0.717, 1.165) is 39.5 Å². The van der Waals surface area contributed by atoms with Gasteiger partial charge in [-0.25, -0.2) is 23.4 Å². The number of nitrogens with one attached hydrogen (secondary N) is 2. The summed E-state index contributed by atoms with van der Waals surface area (Å²) >= 11 is 2.62. The number of amides is 1. The normalized spacial score (nSPS) is 16.8. The topological polar surface area (TPSA) is 120 Å². The number of thiophene rings is 1. The molecule has 1 amide bonds. The van der Waals surface area contributed by atoms with Gasteiger partial charge in [0.1, 0.15) is 12.1 Å². The number of piperazine rings is 1. The number of hydrogen-bond donors (Lipinski definition) is 2. The Morgan fingerprint density at radius 2 is 1.97 bits per heavy atom. The quantitative estimate of drug-likeness (QED) is 0.456. The lowest BCUT2D eigenvalue weighted by atomic mass is 10.2. The van der Waals surface area contributed by atoms with E-state index < -0.39 is 10.0 Å². The first kappa shape index (κ1) is 23.0. The molecule has 1 atom stereocenters. The monoisotopic (exact) mass is 495 g/mol. The number of hydrogen-bond acceptors (Lipinski definition) is 10. The van der Waals surface area contributed by atoms with Crippen LogP contribution in [0.5, 0.6) is 0 Å². The van der Waals surface area contributed by atoms with Crippen LogP contribution in [-0.4, -0.2) is 77.8 Å². The van der Waals surface area contributed by atoms with Crippen LogP contribution >= 0.6 is 22.7 Å². The number of aryl methyl sites for hydroxylation is 2. The number of aromatic nitrogens is 3. The highest BCUT2D eigenvalue weighted by Gasteiger charge is 2.32. The largest absolute Gasteiger partial charge is 0.365 e. The highest BCUT2D eigenvalue weighted by Crippen LogP contribution is 2.31. The number of anilines is 2. The molecule has 0 spiro atoms. The summed E-state index contributed by atoms with van der Waals surface area (Å²) in [7, 11) is -3.64. The van der Waals surface area contributed by atoms with E-state index in [1.54, 1.807) is 24.6 Å². The summed E-state index contributed by atoms with van der Waals surface area (Å²) < 4.78 is 28.8. The maximum Gasteiger partial charge on any atom is 0.254 e.